The standard InChI is InChI=1S/C24H46O7S.2C6H15NO3/c1-2-3-4-5-6-7-8-9-10-11-12-13-14-15-16-17-18-19-20-31-24(27)22(21-23(25)26)32(28,29)30;2*8-4-1-7(2-5-9)3-6-10/h22H,2-21H2,1H3,(H,25,26)(H,28,29,30);2*8-10H,1-6H2. The minimum atomic E-state index is -4.79. The number of carboxylic acid groups (broad SMARTS) is 1. The van der Waals surface area contributed by atoms with Crippen LogP contribution in [-0.2, 0) is 24.4 Å². The van der Waals surface area contributed by atoms with Crippen molar-refractivity contribution in [3.8, 4) is 0 Å². The monoisotopic (exact) mass is 777 g/mol. The summed E-state index contributed by atoms with van der Waals surface area (Å²) in [5, 5.41) is 57.5. The molecule has 0 aromatic carbocycles. The van der Waals surface area contributed by atoms with Gasteiger partial charge in [0.1, 0.15) is 0 Å². The van der Waals surface area contributed by atoms with E-state index in [0.29, 0.717) is 45.7 Å². The van der Waals surface area contributed by atoms with Crippen LogP contribution in [0.2, 0.25) is 0 Å². The summed E-state index contributed by atoms with van der Waals surface area (Å²) in [4.78, 5) is 25.9. The number of aliphatic carboxylic acids is 1. The highest BCUT2D eigenvalue weighted by Gasteiger charge is 2.34. The Bertz CT molecular complexity index is 823. The molecule has 0 fully saturated rings. The van der Waals surface area contributed by atoms with Crippen LogP contribution in [0.25, 0.3) is 0 Å². The van der Waals surface area contributed by atoms with Crippen molar-refractivity contribution in [3.63, 3.8) is 0 Å². The third-order valence-corrected chi connectivity index (χ3v) is 9.30. The second-order valence-corrected chi connectivity index (χ2v) is 14.4. The molecule has 0 amide bonds. The molecule has 15 nitrogen and oxygen atoms in total. The molecule has 0 rings (SSSR count). The number of nitrogens with zero attached hydrogens (tertiary/aromatic N) is 2. The first kappa shape index (κ1) is 54.9. The molecule has 0 saturated heterocycles. The van der Waals surface area contributed by atoms with Gasteiger partial charge in [-0.05, 0) is 6.42 Å². The lowest BCUT2D eigenvalue weighted by atomic mass is 10.0. The minimum Gasteiger partial charge on any atom is -0.481 e. The Kier molecular flexibility index (Phi) is 44.6. The maximum absolute atomic E-state index is 11.7. The van der Waals surface area contributed by atoms with Crippen molar-refractivity contribution in [2.45, 2.75) is 134 Å². The molecule has 0 aliphatic carbocycles. The number of hydrogen-bond donors (Lipinski definition) is 8. The summed E-state index contributed by atoms with van der Waals surface area (Å²) in [7, 11) is -4.79. The van der Waals surface area contributed by atoms with Crippen LogP contribution < -0.4 is 0 Å². The van der Waals surface area contributed by atoms with Crippen LogP contribution in [0.5, 0.6) is 0 Å². The molecular formula is C36H76N2O13S. The van der Waals surface area contributed by atoms with Gasteiger partial charge in [-0.25, -0.2) is 0 Å². The molecule has 1 atom stereocenters. The van der Waals surface area contributed by atoms with E-state index in [9.17, 15) is 18.0 Å². The molecule has 16 heteroatoms. The van der Waals surface area contributed by atoms with Gasteiger partial charge in [0.25, 0.3) is 10.1 Å². The quantitative estimate of drug-likeness (QED) is 0.0262. The van der Waals surface area contributed by atoms with E-state index < -0.39 is 33.7 Å². The normalized spacial score (nSPS) is 11.9. The fourth-order valence-electron chi connectivity index (χ4n) is 5.26. The summed E-state index contributed by atoms with van der Waals surface area (Å²) in [6.07, 6.45) is 21.4. The number of rotatable bonds is 35. The lowest BCUT2D eigenvalue weighted by Crippen LogP contribution is -2.34. The summed E-state index contributed by atoms with van der Waals surface area (Å²) in [5.41, 5.74) is 0. The smallest absolute Gasteiger partial charge is 0.327 e. The number of carboxylic acids is 1. The lowest BCUT2D eigenvalue weighted by Gasteiger charge is -2.17. The van der Waals surface area contributed by atoms with Crippen LogP contribution in [0, 0.1) is 0 Å². The van der Waals surface area contributed by atoms with Gasteiger partial charge in [-0.1, -0.05) is 116 Å². The van der Waals surface area contributed by atoms with Crippen molar-refractivity contribution < 1.29 is 63.0 Å². The molecule has 0 heterocycles. The van der Waals surface area contributed by atoms with Gasteiger partial charge in [0.15, 0.2) is 5.25 Å². The van der Waals surface area contributed by atoms with Crippen LogP contribution in [0.15, 0.2) is 0 Å². The number of ether oxygens (including phenoxy) is 1. The molecule has 52 heavy (non-hydrogen) atoms. The van der Waals surface area contributed by atoms with Gasteiger partial charge in [0, 0.05) is 39.3 Å². The van der Waals surface area contributed by atoms with Gasteiger partial charge in [-0.3, -0.25) is 23.9 Å². The maximum atomic E-state index is 11.7. The topological polar surface area (TPSA) is 246 Å². The first-order valence-electron chi connectivity index (χ1n) is 19.4. The second-order valence-electron chi connectivity index (χ2n) is 12.8. The fraction of sp³-hybridized carbons (Fsp3) is 0.944. The van der Waals surface area contributed by atoms with Gasteiger partial charge in [0.05, 0.1) is 52.7 Å². The molecule has 0 saturated carbocycles. The van der Waals surface area contributed by atoms with E-state index in [-0.39, 0.29) is 46.2 Å². The average Bonchev–Trinajstić information content (AvgIpc) is 3.09. The molecule has 0 aromatic rings. The highest BCUT2D eigenvalue weighted by molar-refractivity contribution is 7.87. The zero-order valence-electron chi connectivity index (χ0n) is 32.1. The van der Waals surface area contributed by atoms with Crippen molar-refractivity contribution in [2.75, 3.05) is 85.5 Å². The van der Waals surface area contributed by atoms with Crippen LogP contribution in [-0.4, -0.2) is 161 Å². The van der Waals surface area contributed by atoms with Crippen LogP contribution in [0.3, 0.4) is 0 Å². The number of carbonyl (C=O) groups is 2. The Balaban J connectivity index is -0.000000969. The van der Waals surface area contributed by atoms with Crippen molar-refractivity contribution in [3.05, 3.63) is 0 Å². The molecular weight excluding hydrogens is 700 g/mol. The fourth-order valence-corrected chi connectivity index (χ4v) is 5.92. The highest BCUT2D eigenvalue weighted by Crippen LogP contribution is 2.14. The zero-order valence-corrected chi connectivity index (χ0v) is 32.9. The lowest BCUT2D eigenvalue weighted by molar-refractivity contribution is -0.147. The van der Waals surface area contributed by atoms with Crippen molar-refractivity contribution >= 4 is 22.1 Å². The summed E-state index contributed by atoms with van der Waals surface area (Å²) in [6, 6.07) is 0. The van der Waals surface area contributed by atoms with E-state index >= 15 is 0 Å². The Hall–Kier alpha value is -1.47. The molecule has 0 aliphatic heterocycles. The first-order valence-corrected chi connectivity index (χ1v) is 20.9. The summed E-state index contributed by atoms with van der Waals surface area (Å²) >= 11 is 0. The molecule has 8 N–H and O–H groups in total. The Morgan fingerprint density at radius 3 is 1.02 bits per heavy atom. The third kappa shape index (κ3) is 41.3. The molecule has 0 bridgehead atoms. The molecule has 1 unspecified atom stereocenters. The average molecular weight is 777 g/mol. The molecule has 0 radical (unpaired) electrons. The van der Waals surface area contributed by atoms with E-state index in [2.05, 4.69) is 6.92 Å². The second kappa shape index (κ2) is 42.3. The number of hydrogen-bond acceptors (Lipinski definition) is 13. The van der Waals surface area contributed by atoms with E-state index in [0.717, 1.165) is 19.3 Å². The Morgan fingerprint density at radius 2 is 0.788 bits per heavy atom. The van der Waals surface area contributed by atoms with E-state index in [1.165, 1.54) is 89.9 Å². The first-order chi connectivity index (χ1) is 25.0. The summed E-state index contributed by atoms with van der Waals surface area (Å²) in [6.45, 7) is 5.79. The van der Waals surface area contributed by atoms with Gasteiger partial charge in [-0.2, -0.15) is 8.42 Å². The van der Waals surface area contributed by atoms with E-state index in [1.54, 1.807) is 9.80 Å². The zero-order chi connectivity index (χ0) is 39.7. The van der Waals surface area contributed by atoms with Gasteiger partial charge in [0.2, 0.25) is 0 Å². The van der Waals surface area contributed by atoms with Crippen molar-refractivity contribution in [1.29, 1.82) is 0 Å². The largest absolute Gasteiger partial charge is 0.481 e. The number of aliphatic hydroxyl groups excluding tert-OH is 6. The maximum Gasteiger partial charge on any atom is 0.327 e. The van der Waals surface area contributed by atoms with Gasteiger partial charge < -0.3 is 40.5 Å². The minimum absolute atomic E-state index is 0.0310. The number of unbranched alkanes of at least 4 members (excludes halogenated alkanes) is 17. The predicted molar refractivity (Wildman–Crippen MR) is 203 cm³/mol. The Labute approximate surface area is 314 Å². The molecule has 314 valence electrons. The SMILES string of the molecule is CCCCCCCCCCCCCCCCCCCCOC(=O)C(CC(=O)O)S(=O)(=O)O.OCCN(CCO)CCO.OCCN(CCO)CCO. The summed E-state index contributed by atoms with van der Waals surface area (Å²) < 4.78 is 36.0. The van der Waals surface area contributed by atoms with E-state index in [1.807, 2.05) is 0 Å². The number of esters is 1. The summed E-state index contributed by atoms with van der Waals surface area (Å²) in [5.74, 6) is -2.69. The Morgan fingerprint density at radius 1 is 0.519 bits per heavy atom. The molecule has 0 spiro atoms. The highest BCUT2D eigenvalue weighted by atomic mass is 32.2. The van der Waals surface area contributed by atoms with Crippen molar-refractivity contribution in [1.82, 2.24) is 9.80 Å². The van der Waals surface area contributed by atoms with Crippen LogP contribution >= 0.6 is 0 Å². The van der Waals surface area contributed by atoms with E-state index in [4.69, 9.17) is 45.0 Å². The third-order valence-electron chi connectivity index (χ3n) is 8.22. The van der Waals surface area contributed by atoms with Crippen LogP contribution in [0.4, 0.5) is 0 Å². The number of aliphatic hydroxyl groups is 6. The van der Waals surface area contributed by atoms with Crippen LogP contribution in [0.1, 0.15) is 129 Å². The molecule has 0 aromatic heterocycles. The van der Waals surface area contributed by atoms with Crippen molar-refractivity contribution in [2.24, 2.45) is 0 Å². The number of carbonyl (C=O) groups excluding carboxylic acids is 1. The predicted octanol–water partition coefficient (Wildman–Crippen LogP) is 2.83. The van der Waals surface area contributed by atoms with Gasteiger partial charge in [-0.15, -0.1) is 0 Å². The molecule has 0 aliphatic rings. The van der Waals surface area contributed by atoms with Gasteiger partial charge >= 0.3 is 11.9 Å².